The highest BCUT2D eigenvalue weighted by atomic mass is 16.7. The van der Waals surface area contributed by atoms with Gasteiger partial charge in [0.05, 0.1) is 6.61 Å². The van der Waals surface area contributed by atoms with E-state index < -0.39 is 5.97 Å². The molecule has 0 aromatic heterocycles. The molecule has 2 rings (SSSR count). The summed E-state index contributed by atoms with van der Waals surface area (Å²) < 4.78 is 15.4. The molecule has 0 fully saturated rings. The maximum Gasteiger partial charge on any atom is 0.330 e. The molecule has 2 aromatic rings. The number of hydrogen-bond donors (Lipinski definition) is 0. The van der Waals surface area contributed by atoms with Crippen LogP contribution in [0.5, 0.6) is 5.75 Å². The summed E-state index contributed by atoms with van der Waals surface area (Å²) >= 11 is 0. The average Bonchev–Trinajstić information content (AvgIpc) is 2.59. The van der Waals surface area contributed by atoms with E-state index in [1.54, 1.807) is 0 Å². The molecule has 0 bridgehead atoms. The largest absolute Gasteiger partial charge is 0.468 e. The van der Waals surface area contributed by atoms with Gasteiger partial charge in [-0.25, -0.2) is 4.79 Å². The summed E-state index contributed by atoms with van der Waals surface area (Å²) in [6.45, 7) is 3.87. The van der Waals surface area contributed by atoms with Gasteiger partial charge in [-0.3, -0.25) is 0 Å². The van der Waals surface area contributed by atoms with Gasteiger partial charge in [-0.1, -0.05) is 49.0 Å². The van der Waals surface area contributed by atoms with Crippen molar-refractivity contribution in [2.75, 3.05) is 20.0 Å². The molecule has 4 nitrogen and oxygen atoms in total. The Morgan fingerprint density at radius 1 is 0.955 bits per heavy atom. The van der Waals surface area contributed by atoms with Crippen molar-refractivity contribution < 1.29 is 19.0 Å². The Morgan fingerprint density at radius 2 is 1.64 bits per heavy atom. The van der Waals surface area contributed by atoms with Crippen molar-refractivity contribution in [2.24, 2.45) is 0 Å². The number of rotatable bonds is 8. The summed E-state index contributed by atoms with van der Waals surface area (Å²) in [6.07, 6.45) is 1.12. The fourth-order valence-corrected chi connectivity index (χ4v) is 1.80. The first-order valence-corrected chi connectivity index (χ1v) is 6.95. The lowest BCUT2D eigenvalue weighted by Gasteiger charge is -2.08. The third kappa shape index (κ3) is 5.07. The molecule has 0 amide bonds. The molecular formula is C18H18O4. The minimum Gasteiger partial charge on any atom is -0.468 e. The van der Waals surface area contributed by atoms with Crippen LogP contribution >= 0.6 is 0 Å². The monoisotopic (exact) mass is 298 g/mol. The molecular weight excluding hydrogens is 280 g/mol. The van der Waals surface area contributed by atoms with Crippen LogP contribution in [0.25, 0.3) is 11.1 Å². The highest BCUT2D eigenvalue weighted by Crippen LogP contribution is 2.21. The molecule has 114 valence electrons. The summed E-state index contributed by atoms with van der Waals surface area (Å²) in [6, 6.07) is 17.9. The third-order valence-corrected chi connectivity index (χ3v) is 2.91. The topological polar surface area (TPSA) is 44.8 Å². The highest BCUT2D eigenvalue weighted by molar-refractivity contribution is 5.81. The predicted octanol–water partition coefficient (Wildman–Crippen LogP) is 3.44. The van der Waals surface area contributed by atoms with Gasteiger partial charge in [0.2, 0.25) is 0 Å². The summed E-state index contributed by atoms with van der Waals surface area (Å²) in [4.78, 5) is 10.8. The second-order valence-corrected chi connectivity index (χ2v) is 4.43. The number of benzene rings is 2. The molecule has 2 aromatic carbocycles. The van der Waals surface area contributed by atoms with Gasteiger partial charge >= 0.3 is 5.97 Å². The van der Waals surface area contributed by atoms with Crippen molar-refractivity contribution in [2.45, 2.75) is 0 Å². The number of hydrogen-bond acceptors (Lipinski definition) is 4. The fourth-order valence-electron chi connectivity index (χ4n) is 1.80. The Kier molecular flexibility index (Phi) is 6.20. The smallest absolute Gasteiger partial charge is 0.330 e. The van der Waals surface area contributed by atoms with Crippen molar-refractivity contribution in [3.63, 3.8) is 0 Å². The molecule has 0 aliphatic carbocycles. The SMILES string of the molecule is C=CC(=O)OCCOCOc1ccc(-c2ccccc2)cc1. The lowest BCUT2D eigenvalue weighted by Crippen LogP contribution is -2.11. The summed E-state index contributed by atoms with van der Waals surface area (Å²) in [7, 11) is 0. The van der Waals surface area contributed by atoms with Crippen LogP contribution < -0.4 is 4.74 Å². The molecule has 0 saturated heterocycles. The Labute approximate surface area is 129 Å². The molecule has 0 spiro atoms. The van der Waals surface area contributed by atoms with Crippen molar-refractivity contribution in [3.05, 3.63) is 67.3 Å². The first kappa shape index (κ1) is 15.8. The van der Waals surface area contributed by atoms with Gasteiger partial charge in [0.1, 0.15) is 12.4 Å². The molecule has 0 unspecified atom stereocenters. The van der Waals surface area contributed by atoms with E-state index in [0.717, 1.165) is 23.0 Å². The zero-order valence-corrected chi connectivity index (χ0v) is 12.2. The van der Waals surface area contributed by atoms with E-state index in [1.807, 2.05) is 42.5 Å². The quantitative estimate of drug-likeness (QED) is 0.324. The van der Waals surface area contributed by atoms with Crippen molar-refractivity contribution >= 4 is 5.97 Å². The lowest BCUT2D eigenvalue weighted by atomic mass is 10.1. The molecule has 0 heterocycles. The summed E-state index contributed by atoms with van der Waals surface area (Å²) in [5.41, 5.74) is 2.29. The van der Waals surface area contributed by atoms with Crippen LogP contribution in [-0.4, -0.2) is 26.0 Å². The Morgan fingerprint density at radius 3 is 2.32 bits per heavy atom. The van der Waals surface area contributed by atoms with Crippen LogP contribution in [0.15, 0.2) is 67.3 Å². The van der Waals surface area contributed by atoms with Gasteiger partial charge in [-0.15, -0.1) is 0 Å². The van der Waals surface area contributed by atoms with Crippen molar-refractivity contribution in [3.8, 4) is 16.9 Å². The van der Waals surface area contributed by atoms with E-state index in [-0.39, 0.29) is 20.0 Å². The number of carbonyl (C=O) groups excluding carboxylic acids is 1. The van der Waals surface area contributed by atoms with Crippen molar-refractivity contribution in [1.29, 1.82) is 0 Å². The first-order chi connectivity index (χ1) is 10.8. The normalized spacial score (nSPS) is 10.0. The van der Waals surface area contributed by atoms with E-state index in [9.17, 15) is 4.79 Å². The molecule has 0 radical (unpaired) electrons. The maximum atomic E-state index is 10.8. The van der Waals surface area contributed by atoms with Crippen molar-refractivity contribution in [1.82, 2.24) is 0 Å². The predicted molar refractivity (Wildman–Crippen MR) is 84.5 cm³/mol. The second kappa shape index (κ2) is 8.64. The van der Waals surface area contributed by atoms with E-state index in [0.29, 0.717) is 0 Å². The molecule has 0 aliphatic heterocycles. The second-order valence-electron chi connectivity index (χ2n) is 4.43. The molecule has 0 aliphatic rings. The molecule has 4 heteroatoms. The minimum atomic E-state index is -0.457. The zero-order chi connectivity index (χ0) is 15.6. The Bertz CT molecular complexity index is 590. The minimum absolute atomic E-state index is 0.107. The number of esters is 1. The van der Waals surface area contributed by atoms with Gasteiger partial charge in [0.15, 0.2) is 6.79 Å². The van der Waals surface area contributed by atoms with Gasteiger partial charge in [0.25, 0.3) is 0 Å². The standard InChI is InChI=1S/C18H18O4/c1-2-18(19)21-13-12-20-14-22-17-10-8-16(9-11-17)15-6-4-3-5-7-15/h2-11H,1,12-14H2. The van der Waals surface area contributed by atoms with Crippen LogP contribution in [0.3, 0.4) is 0 Å². The molecule has 22 heavy (non-hydrogen) atoms. The summed E-state index contributed by atoms with van der Waals surface area (Å²) in [5.74, 6) is 0.267. The summed E-state index contributed by atoms with van der Waals surface area (Å²) in [5, 5.41) is 0. The molecule has 0 saturated carbocycles. The van der Waals surface area contributed by atoms with E-state index in [2.05, 4.69) is 18.7 Å². The van der Waals surface area contributed by atoms with Gasteiger partial charge in [-0.05, 0) is 23.3 Å². The van der Waals surface area contributed by atoms with Crippen LogP contribution in [0.1, 0.15) is 0 Å². The highest BCUT2D eigenvalue weighted by Gasteiger charge is 1.99. The molecule has 0 N–H and O–H groups in total. The maximum absolute atomic E-state index is 10.8. The van der Waals surface area contributed by atoms with Gasteiger partial charge in [-0.2, -0.15) is 0 Å². The first-order valence-electron chi connectivity index (χ1n) is 6.95. The van der Waals surface area contributed by atoms with Crippen LogP contribution in [0.4, 0.5) is 0 Å². The zero-order valence-electron chi connectivity index (χ0n) is 12.2. The number of ether oxygens (including phenoxy) is 3. The van der Waals surface area contributed by atoms with E-state index >= 15 is 0 Å². The average molecular weight is 298 g/mol. The Hall–Kier alpha value is -2.59. The third-order valence-electron chi connectivity index (χ3n) is 2.91. The van der Waals surface area contributed by atoms with Crippen LogP contribution in [0, 0.1) is 0 Å². The van der Waals surface area contributed by atoms with Gasteiger partial charge in [0, 0.05) is 6.08 Å². The number of carbonyl (C=O) groups is 1. The Balaban J connectivity index is 1.71. The van der Waals surface area contributed by atoms with Gasteiger partial charge < -0.3 is 14.2 Å². The van der Waals surface area contributed by atoms with Crippen LogP contribution in [-0.2, 0) is 14.3 Å². The van der Waals surface area contributed by atoms with Crippen LogP contribution in [0.2, 0.25) is 0 Å². The molecule has 0 atom stereocenters. The fraction of sp³-hybridized carbons (Fsp3) is 0.167. The van der Waals surface area contributed by atoms with E-state index in [1.165, 1.54) is 0 Å². The lowest BCUT2D eigenvalue weighted by molar-refractivity contribution is -0.140. The van der Waals surface area contributed by atoms with E-state index in [4.69, 9.17) is 14.2 Å².